The van der Waals surface area contributed by atoms with Crippen molar-refractivity contribution in [3.63, 3.8) is 0 Å². The number of imidazole rings is 1. The molecule has 27 heavy (non-hydrogen) atoms. The monoisotopic (exact) mass is 377 g/mol. The number of anilines is 3. The number of aromatic nitrogens is 5. The third kappa shape index (κ3) is 3.06. The Kier molecular flexibility index (Phi) is 3.68. The van der Waals surface area contributed by atoms with Crippen LogP contribution in [0.4, 0.5) is 17.6 Å². The van der Waals surface area contributed by atoms with Crippen molar-refractivity contribution in [3.8, 4) is 5.95 Å². The van der Waals surface area contributed by atoms with Crippen LogP contribution in [0.15, 0.2) is 48.5 Å². The van der Waals surface area contributed by atoms with Crippen LogP contribution in [0.25, 0.3) is 17.0 Å². The Labute approximate surface area is 160 Å². The second kappa shape index (κ2) is 6.21. The Balaban J connectivity index is 1.61. The number of nitrogens with zero attached hydrogens (tertiary/aromatic N) is 5. The zero-order valence-corrected chi connectivity index (χ0v) is 15.1. The minimum atomic E-state index is 0.149. The highest BCUT2D eigenvalue weighted by Gasteiger charge is 2.31. The van der Waals surface area contributed by atoms with Gasteiger partial charge in [0.25, 0.3) is 0 Å². The fourth-order valence-corrected chi connectivity index (χ4v) is 3.20. The molecule has 0 spiro atoms. The van der Waals surface area contributed by atoms with Gasteiger partial charge in [-0.15, -0.1) is 0 Å². The van der Waals surface area contributed by atoms with Crippen LogP contribution in [-0.4, -0.2) is 24.5 Å². The molecule has 2 aromatic carbocycles. The Morgan fingerprint density at radius 2 is 1.74 bits per heavy atom. The largest absolute Gasteiger partial charge is 0.368 e. The second-order valence-electron chi connectivity index (χ2n) is 6.52. The van der Waals surface area contributed by atoms with Crippen LogP contribution < -0.4 is 11.1 Å². The highest BCUT2D eigenvalue weighted by atomic mass is 35.5. The summed E-state index contributed by atoms with van der Waals surface area (Å²) in [5.41, 5.74) is 8.67. The van der Waals surface area contributed by atoms with E-state index in [2.05, 4.69) is 20.3 Å². The molecule has 4 aromatic rings. The van der Waals surface area contributed by atoms with Gasteiger partial charge in [0.2, 0.25) is 17.8 Å². The first-order valence-electron chi connectivity index (χ1n) is 8.69. The number of hydrogen-bond acceptors (Lipinski definition) is 6. The first kappa shape index (κ1) is 16.0. The molecule has 1 aliphatic rings. The smallest absolute Gasteiger partial charge is 0.242 e. The van der Waals surface area contributed by atoms with Crippen LogP contribution in [0.2, 0.25) is 5.02 Å². The van der Waals surface area contributed by atoms with E-state index < -0.39 is 0 Å². The number of rotatable bonds is 4. The van der Waals surface area contributed by atoms with E-state index in [1.807, 2.05) is 41.0 Å². The number of halogens is 1. The Morgan fingerprint density at radius 1 is 0.963 bits per heavy atom. The van der Waals surface area contributed by atoms with Gasteiger partial charge in [0.05, 0.1) is 11.0 Å². The molecule has 8 heteroatoms. The fourth-order valence-electron chi connectivity index (χ4n) is 3.07. The summed E-state index contributed by atoms with van der Waals surface area (Å²) in [7, 11) is 0. The van der Waals surface area contributed by atoms with Crippen molar-refractivity contribution in [3.05, 3.63) is 59.4 Å². The molecule has 0 atom stereocenters. The zero-order valence-electron chi connectivity index (χ0n) is 14.3. The lowest BCUT2D eigenvalue weighted by Gasteiger charge is -2.10. The van der Waals surface area contributed by atoms with E-state index in [-0.39, 0.29) is 5.95 Å². The van der Waals surface area contributed by atoms with Crippen LogP contribution >= 0.6 is 11.6 Å². The maximum Gasteiger partial charge on any atom is 0.242 e. The van der Waals surface area contributed by atoms with E-state index in [9.17, 15) is 0 Å². The SMILES string of the molecule is Nc1nc(Nc2ccc(Cl)cc2)nc(-n2c(C3CC3)nc3ccccc32)n1. The third-order valence-corrected chi connectivity index (χ3v) is 4.72. The molecule has 2 aromatic heterocycles. The molecule has 1 saturated carbocycles. The summed E-state index contributed by atoms with van der Waals surface area (Å²) in [4.78, 5) is 18.0. The molecule has 0 amide bonds. The topological polar surface area (TPSA) is 94.5 Å². The average molecular weight is 378 g/mol. The van der Waals surface area contributed by atoms with Crippen molar-refractivity contribution in [1.82, 2.24) is 24.5 Å². The van der Waals surface area contributed by atoms with Crippen LogP contribution in [0.5, 0.6) is 0 Å². The number of nitrogen functional groups attached to an aromatic ring is 1. The van der Waals surface area contributed by atoms with Crippen LogP contribution in [0.1, 0.15) is 24.6 Å². The minimum Gasteiger partial charge on any atom is -0.368 e. The predicted octanol–water partition coefficient (Wildman–Crippen LogP) is 4.07. The molecular formula is C19H16ClN7. The molecule has 134 valence electrons. The van der Waals surface area contributed by atoms with Crippen molar-refractivity contribution < 1.29 is 0 Å². The van der Waals surface area contributed by atoms with Crippen LogP contribution in [-0.2, 0) is 0 Å². The van der Waals surface area contributed by atoms with Gasteiger partial charge in [0, 0.05) is 16.6 Å². The molecular weight excluding hydrogens is 362 g/mol. The number of benzene rings is 2. The van der Waals surface area contributed by atoms with Crippen LogP contribution in [0.3, 0.4) is 0 Å². The molecule has 5 rings (SSSR count). The summed E-state index contributed by atoms with van der Waals surface area (Å²) in [6, 6.07) is 15.3. The van der Waals surface area contributed by atoms with Gasteiger partial charge in [-0.3, -0.25) is 4.57 Å². The molecule has 3 N–H and O–H groups in total. The summed E-state index contributed by atoms with van der Waals surface area (Å²) in [6.45, 7) is 0. The highest BCUT2D eigenvalue weighted by molar-refractivity contribution is 6.30. The zero-order chi connectivity index (χ0) is 18.4. The van der Waals surface area contributed by atoms with Crippen molar-refractivity contribution in [1.29, 1.82) is 0 Å². The maximum absolute atomic E-state index is 5.97. The fraction of sp³-hybridized carbons (Fsp3) is 0.158. The number of para-hydroxylation sites is 2. The van der Waals surface area contributed by atoms with Gasteiger partial charge in [-0.05, 0) is 49.2 Å². The summed E-state index contributed by atoms with van der Waals surface area (Å²) in [6.07, 6.45) is 2.25. The molecule has 2 heterocycles. The van der Waals surface area contributed by atoms with Gasteiger partial charge in [0.1, 0.15) is 5.82 Å². The summed E-state index contributed by atoms with van der Waals surface area (Å²) in [5, 5.41) is 3.81. The number of hydrogen-bond donors (Lipinski definition) is 2. The van der Waals surface area contributed by atoms with Crippen molar-refractivity contribution in [2.24, 2.45) is 0 Å². The summed E-state index contributed by atoms with van der Waals surface area (Å²) in [5.74, 6) is 2.40. The number of nitrogens with two attached hydrogens (primary N) is 1. The van der Waals surface area contributed by atoms with E-state index in [0.29, 0.717) is 22.8 Å². The second-order valence-corrected chi connectivity index (χ2v) is 6.95. The number of fused-ring (bicyclic) bond motifs is 1. The van der Waals surface area contributed by atoms with E-state index >= 15 is 0 Å². The van der Waals surface area contributed by atoms with Gasteiger partial charge >= 0.3 is 0 Å². The molecule has 1 aliphatic carbocycles. The lowest BCUT2D eigenvalue weighted by atomic mass is 10.3. The Morgan fingerprint density at radius 3 is 2.52 bits per heavy atom. The maximum atomic E-state index is 5.97. The quantitative estimate of drug-likeness (QED) is 0.556. The average Bonchev–Trinajstić information content (AvgIpc) is 3.43. The Hall–Kier alpha value is -3.19. The first-order chi connectivity index (χ1) is 13.2. The predicted molar refractivity (Wildman–Crippen MR) is 106 cm³/mol. The van der Waals surface area contributed by atoms with Crippen LogP contribution in [0, 0.1) is 0 Å². The van der Waals surface area contributed by atoms with Gasteiger partial charge in [-0.2, -0.15) is 15.0 Å². The molecule has 0 radical (unpaired) electrons. The van der Waals surface area contributed by atoms with Gasteiger partial charge in [-0.1, -0.05) is 23.7 Å². The standard InChI is InChI=1S/C19H16ClN7/c20-12-7-9-13(10-8-12)22-18-24-17(21)25-19(26-18)27-15-4-2-1-3-14(15)23-16(27)11-5-6-11/h1-4,7-11H,5-6H2,(H3,21,22,24,25,26). The van der Waals surface area contributed by atoms with E-state index in [1.54, 1.807) is 12.1 Å². The van der Waals surface area contributed by atoms with E-state index in [0.717, 1.165) is 35.4 Å². The van der Waals surface area contributed by atoms with Crippen molar-refractivity contribution in [2.45, 2.75) is 18.8 Å². The molecule has 0 aliphatic heterocycles. The normalized spacial score (nSPS) is 13.8. The lowest BCUT2D eigenvalue weighted by molar-refractivity contribution is 0.838. The minimum absolute atomic E-state index is 0.149. The summed E-state index contributed by atoms with van der Waals surface area (Å²) < 4.78 is 1.98. The summed E-state index contributed by atoms with van der Waals surface area (Å²) >= 11 is 5.94. The molecule has 7 nitrogen and oxygen atoms in total. The first-order valence-corrected chi connectivity index (χ1v) is 9.07. The molecule has 0 unspecified atom stereocenters. The van der Waals surface area contributed by atoms with Gasteiger partial charge < -0.3 is 11.1 Å². The third-order valence-electron chi connectivity index (χ3n) is 4.47. The van der Waals surface area contributed by atoms with E-state index in [1.165, 1.54) is 0 Å². The molecule has 1 fully saturated rings. The lowest BCUT2D eigenvalue weighted by Crippen LogP contribution is -2.11. The van der Waals surface area contributed by atoms with Gasteiger partial charge in [-0.25, -0.2) is 4.98 Å². The molecule has 0 bridgehead atoms. The Bertz CT molecular complexity index is 1130. The molecule has 0 saturated heterocycles. The number of nitrogens with one attached hydrogen (secondary N) is 1. The van der Waals surface area contributed by atoms with Crippen molar-refractivity contribution in [2.75, 3.05) is 11.1 Å². The van der Waals surface area contributed by atoms with Crippen molar-refractivity contribution >= 4 is 40.2 Å². The van der Waals surface area contributed by atoms with E-state index in [4.69, 9.17) is 22.3 Å². The highest BCUT2D eigenvalue weighted by Crippen LogP contribution is 2.41. The van der Waals surface area contributed by atoms with Gasteiger partial charge in [0.15, 0.2) is 0 Å².